The summed E-state index contributed by atoms with van der Waals surface area (Å²) in [6, 6.07) is 10.1. The number of fused-ring (bicyclic) bond motifs is 1. The van der Waals surface area contributed by atoms with Crippen molar-refractivity contribution in [2.24, 2.45) is 0 Å². The molecule has 0 bridgehead atoms. The Labute approximate surface area is 173 Å². The average Bonchev–Trinajstić information content (AvgIpc) is 3.38. The molecule has 2 aliphatic rings. The topological polar surface area (TPSA) is 41.5 Å². The zero-order chi connectivity index (χ0) is 18.9. The number of aromatic nitrogens is 2. The molecule has 5 nitrogen and oxygen atoms in total. The molecule has 5 rings (SSSR count). The number of anilines is 1. The summed E-state index contributed by atoms with van der Waals surface area (Å²) in [5.41, 5.74) is 2.18. The molecule has 0 N–H and O–H groups in total. The van der Waals surface area contributed by atoms with Gasteiger partial charge in [-0.2, -0.15) is 0 Å². The molecule has 0 saturated carbocycles. The van der Waals surface area contributed by atoms with E-state index in [-0.39, 0.29) is 0 Å². The van der Waals surface area contributed by atoms with Crippen LogP contribution in [0.5, 0.6) is 0 Å². The maximum Gasteiger partial charge on any atom is 0.150 e. The first-order chi connectivity index (χ1) is 13.8. The van der Waals surface area contributed by atoms with E-state index in [1.165, 1.54) is 28.0 Å². The molecular formula is C21H23ClN4OS. The Kier molecular flexibility index (Phi) is 5.20. The average molecular weight is 415 g/mol. The predicted molar refractivity (Wildman–Crippen MR) is 115 cm³/mol. The first-order valence-electron chi connectivity index (χ1n) is 9.86. The monoisotopic (exact) mass is 414 g/mol. The number of thiophene rings is 1. The normalized spacial score (nSPS) is 20.9. The van der Waals surface area contributed by atoms with Gasteiger partial charge in [0.15, 0.2) is 0 Å². The van der Waals surface area contributed by atoms with Gasteiger partial charge in [0.2, 0.25) is 0 Å². The van der Waals surface area contributed by atoms with Gasteiger partial charge in [0, 0.05) is 49.2 Å². The minimum atomic E-state index is 0.427. The van der Waals surface area contributed by atoms with E-state index in [2.05, 4.69) is 38.0 Å². The van der Waals surface area contributed by atoms with Gasteiger partial charge >= 0.3 is 0 Å². The van der Waals surface area contributed by atoms with Crippen molar-refractivity contribution in [1.82, 2.24) is 14.9 Å². The van der Waals surface area contributed by atoms with Crippen LogP contribution in [0.4, 0.5) is 5.82 Å². The van der Waals surface area contributed by atoms with E-state index >= 15 is 0 Å². The molecule has 0 unspecified atom stereocenters. The van der Waals surface area contributed by atoms with Crippen LogP contribution < -0.4 is 4.90 Å². The molecule has 146 valence electrons. The summed E-state index contributed by atoms with van der Waals surface area (Å²) >= 11 is 7.79. The van der Waals surface area contributed by atoms with Crippen molar-refractivity contribution in [3.8, 4) is 10.4 Å². The zero-order valence-corrected chi connectivity index (χ0v) is 17.3. The lowest BCUT2D eigenvalue weighted by atomic mass is 10.2. The number of rotatable bonds is 4. The Bertz CT molecular complexity index is 947. The van der Waals surface area contributed by atoms with E-state index in [9.17, 15) is 0 Å². The first-order valence-corrected chi connectivity index (χ1v) is 11.0. The summed E-state index contributed by atoms with van der Waals surface area (Å²) in [6.07, 6.45) is 4.53. The van der Waals surface area contributed by atoms with E-state index in [0.717, 1.165) is 55.7 Å². The number of halogens is 1. The van der Waals surface area contributed by atoms with Crippen molar-refractivity contribution in [3.05, 3.63) is 41.7 Å². The molecule has 0 radical (unpaired) electrons. The summed E-state index contributed by atoms with van der Waals surface area (Å²) in [4.78, 5) is 15.3. The van der Waals surface area contributed by atoms with Crippen molar-refractivity contribution in [1.29, 1.82) is 0 Å². The lowest BCUT2D eigenvalue weighted by molar-refractivity contribution is 0.0712. The van der Waals surface area contributed by atoms with Gasteiger partial charge in [-0.05, 0) is 36.6 Å². The van der Waals surface area contributed by atoms with Gasteiger partial charge < -0.3 is 9.64 Å². The van der Waals surface area contributed by atoms with Crippen molar-refractivity contribution in [2.45, 2.75) is 18.9 Å². The maximum atomic E-state index is 6.03. The SMILES string of the molecule is Clc1ccc(-c2cc3ncnc(N4CCN(C[C@H]5CCCO5)CC4)c3s2)cc1. The molecule has 7 heteroatoms. The van der Waals surface area contributed by atoms with E-state index < -0.39 is 0 Å². The first kappa shape index (κ1) is 18.3. The fourth-order valence-corrected chi connectivity index (χ4v) is 5.30. The highest BCUT2D eigenvalue weighted by Crippen LogP contribution is 2.37. The van der Waals surface area contributed by atoms with Crippen molar-refractivity contribution in [3.63, 3.8) is 0 Å². The lowest BCUT2D eigenvalue weighted by Gasteiger charge is -2.36. The van der Waals surface area contributed by atoms with Crippen LogP contribution in [0.3, 0.4) is 0 Å². The molecule has 4 heterocycles. The Balaban J connectivity index is 1.34. The Morgan fingerprint density at radius 2 is 1.93 bits per heavy atom. The third-order valence-electron chi connectivity index (χ3n) is 5.58. The summed E-state index contributed by atoms with van der Waals surface area (Å²) < 4.78 is 6.96. The van der Waals surface area contributed by atoms with Crippen LogP contribution in [0.15, 0.2) is 36.7 Å². The quantitative estimate of drug-likeness (QED) is 0.636. The molecular weight excluding hydrogens is 392 g/mol. The van der Waals surface area contributed by atoms with Gasteiger partial charge in [0.25, 0.3) is 0 Å². The number of hydrogen-bond donors (Lipinski definition) is 0. The molecule has 2 aliphatic heterocycles. The number of hydrogen-bond acceptors (Lipinski definition) is 6. The van der Waals surface area contributed by atoms with Crippen molar-refractivity contribution in [2.75, 3.05) is 44.2 Å². The van der Waals surface area contributed by atoms with E-state index in [4.69, 9.17) is 16.3 Å². The van der Waals surface area contributed by atoms with Crippen LogP contribution in [-0.2, 0) is 4.74 Å². The molecule has 28 heavy (non-hydrogen) atoms. The highest BCUT2D eigenvalue weighted by molar-refractivity contribution is 7.22. The van der Waals surface area contributed by atoms with Gasteiger partial charge in [0.1, 0.15) is 12.1 Å². The summed E-state index contributed by atoms with van der Waals surface area (Å²) in [5.74, 6) is 1.06. The molecule has 2 saturated heterocycles. The summed E-state index contributed by atoms with van der Waals surface area (Å²) in [7, 11) is 0. The van der Waals surface area contributed by atoms with Crippen LogP contribution in [-0.4, -0.2) is 60.3 Å². The van der Waals surface area contributed by atoms with Crippen LogP contribution in [0.2, 0.25) is 5.02 Å². The number of ether oxygens (including phenoxy) is 1. The summed E-state index contributed by atoms with van der Waals surface area (Å²) in [6.45, 7) is 6.09. The van der Waals surface area contributed by atoms with Crippen LogP contribution >= 0.6 is 22.9 Å². The molecule has 0 aliphatic carbocycles. The number of nitrogens with zero attached hydrogens (tertiary/aromatic N) is 4. The fraction of sp³-hybridized carbons (Fsp3) is 0.429. The molecule has 3 aromatic rings. The largest absolute Gasteiger partial charge is 0.377 e. The highest BCUT2D eigenvalue weighted by atomic mass is 35.5. The van der Waals surface area contributed by atoms with Crippen molar-refractivity contribution >= 4 is 39.0 Å². The third-order valence-corrected chi connectivity index (χ3v) is 7.00. The lowest BCUT2D eigenvalue weighted by Crippen LogP contribution is -2.48. The second kappa shape index (κ2) is 7.95. The molecule has 0 spiro atoms. The maximum absolute atomic E-state index is 6.03. The van der Waals surface area contributed by atoms with Crippen molar-refractivity contribution < 1.29 is 4.74 Å². The minimum Gasteiger partial charge on any atom is -0.377 e. The van der Waals surface area contributed by atoms with Gasteiger partial charge in [-0.3, -0.25) is 4.90 Å². The third kappa shape index (κ3) is 3.74. The molecule has 2 fully saturated rings. The number of piperazine rings is 1. The second-order valence-corrected chi connectivity index (χ2v) is 8.94. The van der Waals surface area contributed by atoms with Gasteiger partial charge in [-0.25, -0.2) is 9.97 Å². The zero-order valence-electron chi connectivity index (χ0n) is 15.7. The van der Waals surface area contributed by atoms with E-state index in [1.54, 1.807) is 17.7 Å². The Hall–Kier alpha value is -1.73. The Morgan fingerprint density at radius 1 is 1.11 bits per heavy atom. The van der Waals surface area contributed by atoms with Crippen LogP contribution in [0.25, 0.3) is 20.7 Å². The fourth-order valence-electron chi connectivity index (χ4n) is 4.04. The Morgan fingerprint density at radius 3 is 2.68 bits per heavy atom. The molecule has 0 amide bonds. The van der Waals surface area contributed by atoms with Crippen LogP contribution in [0, 0.1) is 0 Å². The standard InChI is InChI=1S/C21H23ClN4OS/c22-16-5-3-15(4-6-16)19-12-18-20(28-19)21(24-14-23-18)26-9-7-25(8-10-26)13-17-2-1-11-27-17/h3-6,12,14,17H,1-2,7-11,13H2/t17-/m1/s1. The summed E-state index contributed by atoms with van der Waals surface area (Å²) in [5, 5.41) is 0.756. The molecule has 1 aromatic carbocycles. The molecule has 2 aromatic heterocycles. The van der Waals surface area contributed by atoms with Crippen LogP contribution in [0.1, 0.15) is 12.8 Å². The minimum absolute atomic E-state index is 0.427. The van der Waals surface area contributed by atoms with E-state index in [1.807, 2.05) is 12.1 Å². The predicted octanol–water partition coefficient (Wildman–Crippen LogP) is 4.31. The smallest absolute Gasteiger partial charge is 0.150 e. The van der Waals surface area contributed by atoms with Gasteiger partial charge in [-0.15, -0.1) is 11.3 Å². The van der Waals surface area contributed by atoms with E-state index in [0.29, 0.717) is 6.10 Å². The number of benzene rings is 1. The van der Waals surface area contributed by atoms with Gasteiger partial charge in [0.05, 0.1) is 16.3 Å². The highest BCUT2D eigenvalue weighted by Gasteiger charge is 2.24. The van der Waals surface area contributed by atoms with Gasteiger partial charge in [-0.1, -0.05) is 23.7 Å². The molecule has 1 atom stereocenters. The second-order valence-electron chi connectivity index (χ2n) is 7.45.